The van der Waals surface area contributed by atoms with Gasteiger partial charge in [0.15, 0.2) is 0 Å². The van der Waals surface area contributed by atoms with Gasteiger partial charge in [0.1, 0.15) is 11.5 Å². The molecule has 1 aliphatic heterocycles. The van der Waals surface area contributed by atoms with Gasteiger partial charge in [-0.1, -0.05) is 19.1 Å². The van der Waals surface area contributed by atoms with Crippen molar-refractivity contribution in [1.29, 1.82) is 0 Å². The summed E-state index contributed by atoms with van der Waals surface area (Å²) in [6.45, 7) is 5.89. The molecule has 21 heavy (non-hydrogen) atoms. The maximum absolute atomic E-state index is 12.0. The minimum absolute atomic E-state index is 0.0227. The fraction of sp³-hybridized carbons (Fsp3) is 0.353. The molecule has 1 aromatic heterocycles. The normalized spacial score (nSPS) is 17.4. The lowest BCUT2D eigenvalue weighted by molar-refractivity contribution is -0.119. The highest BCUT2D eigenvalue weighted by Crippen LogP contribution is 2.39. The van der Waals surface area contributed by atoms with Crippen molar-refractivity contribution in [1.82, 2.24) is 0 Å². The predicted molar refractivity (Wildman–Crippen MR) is 82.2 cm³/mol. The first-order valence-corrected chi connectivity index (χ1v) is 7.23. The number of aryl methyl sites for hydroxylation is 1. The third-order valence-corrected chi connectivity index (χ3v) is 4.23. The van der Waals surface area contributed by atoms with E-state index in [4.69, 9.17) is 10.2 Å². The molecule has 2 heterocycles. The molecule has 3 N–H and O–H groups in total. The van der Waals surface area contributed by atoms with Crippen molar-refractivity contribution in [2.24, 2.45) is 5.73 Å². The number of fused-ring (bicyclic) bond motifs is 1. The summed E-state index contributed by atoms with van der Waals surface area (Å²) in [7, 11) is 0. The smallest absolute Gasteiger partial charge is 0.234 e. The molecule has 0 radical (unpaired) electrons. The van der Waals surface area contributed by atoms with Crippen molar-refractivity contribution in [2.45, 2.75) is 38.6 Å². The summed E-state index contributed by atoms with van der Waals surface area (Å²) in [5.41, 5.74) is 8.59. The molecule has 4 heteroatoms. The molecule has 0 bridgehead atoms. The summed E-state index contributed by atoms with van der Waals surface area (Å²) in [5.74, 6) is 1.70. The fourth-order valence-corrected chi connectivity index (χ4v) is 2.70. The molecular weight excluding hydrogens is 264 g/mol. The molecule has 3 rings (SSSR count). The summed E-state index contributed by atoms with van der Waals surface area (Å²) < 4.78 is 5.73. The largest absolute Gasteiger partial charge is 0.464 e. The van der Waals surface area contributed by atoms with E-state index in [1.807, 2.05) is 51.1 Å². The Morgan fingerprint density at radius 2 is 2.05 bits per heavy atom. The molecule has 4 nitrogen and oxygen atoms in total. The van der Waals surface area contributed by atoms with Gasteiger partial charge in [0.2, 0.25) is 5.91 Å². The van der Waals surface area contributed by atoms with Crippen LogP contribution in [0, 0.1) is 0 Å². The van der Waals surface area contributed by atoms with Gasteiger partial charge in [-0.05, 0) is 43.2 Å². The molecule has 2 aromatic rings. The molecule has 1 unspecified atom stereocenters. The highest BCUT2D eigenvalue weighted by Gasteiger charge is 2.38. The number of anilines is 1. The first-order chi connectivity index (χ1) is 9.93. The van der Waals surface area contributed by atoms with E-state index in [0.29, 0.717) is 0 Å². The van der Waals surface area contributed by atoms with E-state index in [-0.39, 0.29) is 11.9 Å². The quantitative estimate of drug-likeness (QED) is 0.910. The Hall–Kier alpha value is -2.07. The number of nitrogens with two attached hydrogens (primary N) is 1. The summed E-state index contributed by atoms with van der Waals surface area (Å²) in [6, 6.07) is 9.43. The van der Waals surface area contributed by atoms with Crippen molar-refractivity contribution >= 4 is 11.6 Å². The van der Waals surface area contributed by atoms with E-state index in [1.54, 1.807) is 0 Å². The predicted octanol–water partition coefficient (Wildman–Crippen LogP) is 3.12. The molecule has 1 aromatic carbocycles. The molecule has 1 aliphatic rings. The number of hydrogen-bond acceptors (Lipinski definition) is 3. The average Bonchev–Trinajstić information content (AvgIpc) is 3.02. The number of nitrogens with one attached hydrogen (secondary N) is 1. The number of carbonyl (C=O) groups excluding carboxylic acids is 1. The van der Waals surface area contributed by atoms with Crippen molar-refractivity contribution in [3.8, 4) is 0 Å². The zero-order valence-corrected chi connectivity index (χ0v) is 12.6. The summed E-state index contributed by atoms with van der Waals surface area (Å²) in [4.78, 5) is 12.0. The minimum Gasteiger partial charge on any atom is -0.464 e. The van der Waals surface area contributed by atoms with Gasteiger partial charge in [-0.3, -0.25) is 4.79 Å². The summed E-state index contributed by atoms with van der Waals surface area (Å²) >= 11 is 0. The van der Waals surface area contributed by atoms with Gasteiger partial charge < -0.3 is 15.5 Å². The highest BCUT2D eigenvalue weighted by molar-refractivity contribution is 6.05. The summed E-state index contributed by atoms with van der Waals surface area (Å²) in [6.07, 6.45) is 0.850. The van der Waals surface area contributed by atoms with E-state index < -0.39 is 5.41 Å². The Morgan fingerprint density at radius 3 is 2.71 bits per heavy atom. The van der Waals surface area contributed by atoms with Crippen LogP contribution in [0.5, 0.6) is 0 Å². The molecule has 0 saturated carbocycles. The molecule has 110 valence electrons. The van der Waals surface area contributed by atoms with Gasteiger partial charge in [-0.2, -0.15) is 0 Å². The Labute approximate surface area is 124 Å². The minimum atomic E-state index is -0.525. The highest BCUT2D eigenvalue weighted by atomic mass is 16.3. The van der Waals surface area contributed by atoms with E-state index in [9.17, 15) is 4.79 Å². The molecule has 0 fully saturated rings. The lowest BCUT2D eigenvalue weighted by atomic mass is 9.84. The van der Waals surface area contributed by atoms with Crippen LogP contribution in [0.15, 0.2) is 34.7 Å². The van der Waals surface area contributed by atoms with Crippen LogP contribution in [0.3, 0.4) is 0 Å². The lowest BCUT2D eigenvalue weighted by Gasteiger charge is -2.17. The second kappa shape index (κ2) is 4.74. The topological polar surface area (TPSA) is 68.3 Å². The molecular formula is C17H20N2O2. The Morgan fingerprint density at radius 1 is 1.29 bits per heavy atom. The first-order valence-electron chi connectivity index (χ1n) is 7.23. The first kappa shape index (κ1) is 13.9. The van der Waals surface area contributed by atoms with Gasteiger partial charge in [-0.15, -0.1) is 0 Å². The van der Waals surface area contributed by atoms with Gasteiger partial charge in [0.05, 0.1) is 11.5 Å². The van der Waals surface area contributed by atoms with Crippen LogP contribution in [0.25, 0.3) is 0 Å². The zero-order valence-electron chi connectivity index (χ0n) is 12.6. The molecule has 0 saturated heterocycles. The number of hydrogen-bond donors (Lipinski definition) is 2. The number of amides is 1. The summed E-state index contributed by atoms with van der Waals surface area (Å²) in [5, 5.41) is 2.90. The van der Waals surface area contributed by atoms with Crippen molar-refractivity contribution < 1.29 is 9.21 Å². The fourth-order valence-electron chi connectivity index (χ4n) is 2.70. The van der Waals surface area contributed by atoms with E-state index in [0.717, 1.165) is 34.8 Å². The molecule has 0 spiro atoms. The third-order valence-electron chi connectivity index (χ3n) is 4.23. The average molecular weight is 284 g/mol. The Balaban J connectivity index is 1.98. The van der Waals surface area contributed by atoms with Crippen molar-refractivity contribution in [2.75, 3.05) is 5.32 Å². The maximum atomic E-state index is 12.0. The Kier molecular flexibility index (Phi) is 3.14. The standard InChI is InChI=1S/C17H20N2O2/c1-4-11-6-8-14(21-11)15(18)10-5-7-13-12(9-10)17(2,3)16(20)19-13/h5-9,15H,4,18H2,1-3H3,(H,19,20). The van der Waals surface area contributed by atoms with Crippen LogP contribution >= 0.6 is 0 Å². The van der Waals surface area contributed by atoms with Gasteiger partial charge >= 0.3 is 0 Å². The molecule has 0 aliphatic carbocycles. The van der Waals surface area contributed by atoms with Crippen molar-refractivity contribution in [3.63, 3.8) is 0 Å². The number of carbonyl (C=O) groups is 1. The van der Waals surface area contributed by atoms with Crippen LogP contribution < -0.4 is 11.1 Å². The van der Waals surface area contributed by atoms with E-state index in [2.05, 4.69) is 5.32 Å². The van der Waals surface area contributed by atoms with Gasteiger partial charge in [-0.25, -0.2) is 0 Å². The zero-order chi connectivity index (χ0) is 15.2. The maximum Gasteiger partial charge on any atom is 0.234 e. The third kappa shape index (κ3) is 2.16. The SMILES string of the molecule is CCc1ccc(C(N)c2ccc3c(c2)C(C)(C)C(=O)N3)o1. The number of rotatable bonds is 3. The Bertz CT molecular complexity index is 701. The second-order valence-electron chi connectivity index (χ2n) is 6.02. The monoisotopic (exact) mass is 284 g/mol. The lowest BCUT2D eigenvalue weighted by Crippen LogP contribution is -2.27. The number of benzene rings is 1. The van der Waals surface area contributed by atoms with Crippen molar-refractivity contribution in [3.05, 3.63) is 53.0 Å². The van der Waals surface area contributed by atoms with Crippen LogP contribution in [0.1, 0.15) is 49.5 Å². The van der Waals surface area contributed by atoms with Crippen LogP contribution in [-0.4, -0.2) is 5.91 Å². The van der Waals surface area contributed by atoms with Gasteiger partial charge in [0, 0.05) is 12.1 Å². The van der Waals surface area contributed by atoms with E-state index >= 15 is 0 Å². The van der Waals surface area contributed by atoms with Crippen LogP contribution in [0.4, 0.5) is 5.69 Å². The molecule has 1 amide bonds. The number of furan rings is 1. The van der Waals surface area contributed by atoms with Crippen LogP contribution in [0.2, 0.25) is 0 Å². The van der Waals surface area contributed by atoms with E-state index in [1.165, 1.54) is 0 Å². The second-order valence-corrected chi connectivity index (χ2v) is 6.02. The molecule has 1 atom stereocenters. The van der Waals surface area contributed by atoms with Gasteiger partial charge in [0.25, 0.3) is 0 Å². The van der Waals surface area contributed by atoms with Crippen LogP contribution in [-0.2, 0) is 16.6 Å².